The lowest BCUT2D eigenvalue weighted by Crippen LogP contribution is -2.11. The van der Waals surface area contributed by atoms with Gasteiger partial charge in [0.1, 0.15) is 0 Å². The van der Waals surface area contributed by atoms with Crippen LogP contribution in [0.3, 0.4) is 0 Å². The zero-order chi connectivity index (χ0) is 14.0. The summed E-state index contributed by atoms with van der Waals surface area (Å²) in [7, 11) is 0. The fourth-order valence-electron chi connectivity index (χ4n) is 1.77. The van der Waals surface area contributed by atoms with Gasteiger partial charge in [-0.15, -0.1) is 0 Å². The number of benzene rings is 1. The number of alkyl halides is 3. The fourth-order valence-corrected chi connectivity index (χ4v) is 1.77. The van der Waals surface area contributed by atoms with E-state index in [1.165, 1.54) is 16.8 Å². The Balaban J connectivity index is 2.17. The highest BCUT2D eigenvalue weighted by molar-refractivity contribution is 5.27. The number of aliphatic hydroxyl groups excluding tert-OH is 1. The molecule has 1 aromatic carbocycles. The summed E-state index contributed by atoms with van der Waals surface area (Å²) in [6.07, 6.45) is -3.76. The molecule has 19 heavy (non-hydrogen) atoms. The second-order valence-electron chi connectivity index (χ2n) is 4.32. The van der Waals surface area contributed by atoms with E-state index < -0.39 is 17.8 Å². The van der Waals surface area contributed by atoms with E-state index in [1.807, 2.05) is 0 Å². The minimum Gasteiger partial charge on any atom is -0.386 e. The van der Waals surface area contributed by atoms with Crippen LogP contribution in [0.2, 0.25) is 0 Å². The molecular weight excluding hydrogens is 257 g/mol. The molecule has 0 aliphatic heterocycles. The Morgan fingerprint density at radius 1 is 1.32 bits per heavy atom. The molecule has 0 spiro atoms. The third-order valence-corrected chi connectivity index (χ3v) is 2.73. The molecule has 1 atom stereocenters. The number of aliphatic hydroxyl groups is 1. The van der Waals surface area contributed by atoms with E-state index in [-0.39, 0.29) is 12.1 Å². The normalized spacial score (nSPS) is 13.5. The molecular formula is C13H13F3N2O. The zero-order valence-electron chi connectivity index (χ0n) is 10.2. The van der Waals surface area contributed by atoms with Crippen LogP contribution in [0.4, 0.5) is 13.2 Å². The summed E-state index contributed by atoms with van der Waals surface area (Å²) in [5, 5.41) is 14.0. The molecule has 0 radical (unpaired) electrons. The first-order valence-corrected chi connectivity index (χ1v) is 5.71. The average molecular weight is 270 g/mol. The van der Waals surface area contributed by atoms with Crippen molar-refractivity contribution in [1.82, 2.24) is 9.78 Å². The first kappa shape index (κ1) is 13.6. The molecule has 2 rings (SSSR count). The Labute approximate surface area is 108 Å². The summed E-state index contributed by atoms with van der Waals surface area (Å²) in [6.45, 7) is 1.92. The van der Waals surface area contributed by atoms with E-state index >= 15 is 0 Å². The number of aryl methyl sites for hydroxylation is 1. The summed E-state index contributed by atoms with van der Waals surface area (Å²) >= 11 is 0. The second kappa shape index (κ2) is 5.05. The van der Waals surface area contributed by atoms with Crippen LogP contribution in [0.1, 0.15) is 22.9 Å². The summed E-state index contributed by atoms with van der Waals surface area (Å²) in [4.78, 5) is 0. The molecule has 2 aromatic rings. The second-order valence-corrected chi connectivity index (χ2v) is 4.32. The molecule has 0 aliphatic rings. The molecule has 1 N–H and O–H groups in total. The number of nitrogens with zero attached hydrogens (tertiary/aromatic N) is 2. The van der Waals surface area contributed by atoms with Crippen LogP contribution in [-0.2, 0) is 12.7 Å². The van der Waals surface area contributed by atoms with Gasteiger partial charge in [-0.3, -0.25) is 4.68 Å². The Bertz CT molecular complexity index is 563. The molecule has 0 bridgehead atoms. The Kier molecular flexibility index (Phi) is 3.61. The molecule has 1 unspecified atom stereocenters. The third kappa shape index (κ3) is 3.35. The quantitative estimate of drug-likeness (QED) is 0.931. The largest absolute Gasteiger partial charge is 0.416 e. The van der Waals surface area contributed by atoms with Gasteiger partial charge in [-0.2, -0.15) is 18.3 Å². The number of hydrogen-bond donors (Lipinski definition) is 1. The van der Waals surface area contributed by atoms with Crippen molar-refractivity contribution in [2.24, 2.45) is 0 Å². The van der Waals surface area contributed by atoms with Gasteiger partial charge in [0.05, 0.1) is 23.9 Å². The maximum atomic E-state index is 12.6. The van der Waals surface area contributed by atoms with Crippen molar-refractivity contribution in [2.45, 2.75) is 25.7 Å². The van der Waals surface area contributed by atoms with Gasteiger partial charge >= 0.3 is 6.18 Å². The monoisotopic (exact) mass is 270 g/mol. The van der Waals surface area contributed by atoms with Crippen molar-refractivity contribution < 1.29 is 18.3 Å². The van der Waals surface area contributed by atoms with E-state index in [9.17, 15) is 18.3 Å². The van der Waals surface area contributed by atoms with Crippen LogP contribution < -0.4 is 0 Å². The Morgan fingerprint density at radius 3 is 2.63 bits per heavy atom. The summed E-state index contributed by atoms with van der Waals surface area (Å²) < 4.78 is 39.2. The molecule has 3 nitrogen and oxygen atoms in total. The van der Waals surface area contributed by atoms with E-state index in [0.717, 1.165) is 17.8 Å². The lowest BCUT2D eigenvalue weighted by atomic mass is 10.1. The third-order valence-electron chi connectivity index (χ3n) is 2.73. The molecule has 1 aromatic heterocycles. The lowest BCUT2D eigenvalue weighted by Gasteiger charge is -2.13. The van der Waals surface area contributed by atoms with Crippen LogP contribution in [0.25, 0.3) is 0 Å². The van der Waals surface area contributed by atoms with Gasteiger partial charge in [-0.25, -0.2) is 0 Å². The topological polar surface area (TPSA) is 38.0 Å². The molecule has 0 aliphatic carbocycles. The first-order valence-electron chi connectivity index (χ1n) is 5.71. The number of hydrogen-bond acceptors (Lipinski definition) is 2. The number of aromatic nitrogens is 2. The summed E-state index contributed by atoms with van der Waals surface area (Å²) in [5.41, 5.74) is 0.250. The van der Waals surface area contributed by atoms with Crippen molar-refractivity contribution in [3.8, 4) is 0 Å². The molecule has 6 heteroatoms. The van der Waals surface area contributed by atoms with Gasteiger partial charge in [0.2, 0.25) is 0 Å². The molecule has 0 fully saturated rings. The summed E-state index contributed by atoms with van der Waals surface area (Å²) in [6, 6.07) is 6.46. The van der Waals surface area contributed by atoms with E-state index in [2.05, 4.69) is 5.10 Å². The van der Waals surface area contributed by atoms with Gasteiger partial charge in [0.25, 0.3) is 0 Å². The maximum Gasteiger partial charge on any atom is 0.416 e. The predicted molar refractivity (Wildman–Crippen MR) is 63.4 cm³/mol. The molecule has 1 heterocycles. The highest BCUT2D eigenvalue weighted by Gasteiger charge is 2.30. The predicted octanol–water partition coefficient (Wildman–Crippen LogP) is 2.94. The van der Waals surface area contributed by atoms with Crippen LogP contribution in [-0.4, -0.2) is 14.9 Å². The SMILES string of the molecule is Cc1ccn(CC(O)c2cccc(C(F)(F)F)c2)n1. The average Bonchev–Trinajstić information content (AvgIpc) is 2.74. The summed E-state index contributed by atoms with van der Waals surface area (Å²) in [5.74, 6) is 0. The number of rotatable bonds is 3. The molecule has 0 saturated heterocycles. The van der Waals surface area contributed by atoms with Gasteiger partial charge in [-0.05, 0) is 30.7 Å². The maximum absolute atomic E-state index is 12.6. The van der Waals surface area contributed by atoms with Gasteiger partial charge < -0.3 is 5.11 Å². The minimum absolute atomic E-state index is 0.120. The fraction of sp³-hybridized carbons (Fsp3) is 0.308. The van der Waals surface area contributed by atoms with Crippen LogP contribution in [0, 0.1) is 6.92 Å². The van der Waals surface area contributed by atoms with Gasteiger partial charge in [-0.1, -0.05) is 12.1 Å². The zero-order valence-corrected chi connectivity index (χ0v) is 10.2. The standard InChI is InChI=1S/C13H13F3N2O/c1-9-5-6-18(17-9)8-12(19)10-3-2-4-11(7-10)13(14,15)16/h2-7,12,19H,8H2,1H3. The van der Waals surface area contributed by atoms with Gasteiger partial charge in [0, 0.05) is 6.20 Å². The highest BCUT2D eigenvalue weighted by Crippen LogP contribution is 2.30. The smallest absolute Gasteiger partial charge is 0.386 e. The van der Waals surface area contributed by atoms with Crippen molar-refractivity contribution in [1.29, 1.82) is 0 Å². The lowest BCUT2D eigenvalue weighted by molar-refractivity contribution is -0.137. The Hall–Kier alpha value is -1.82. The highest BCUT2D eigenvalue weighted by atomic mass is 19.4. The van der Waals surface area contributed by atoms with Crippen molar-refractivity contribution in [3.05, 3.63) is 53.3 Å². The van der Waals surface area contributed by atoms with Crippen molar-refractivity contribution in [3.63, 3.8) is 0 Å². The van der Waals surface area contributed by atoms with Crippen LogP contribution in [0.5, 0.6) is 0 Å². The molecule has 0 saturated carbocycles. The molecule has 0 amide bonds. The number of halogens is 3. The van der Waals surface area contributed by atoms with Gasteiger partial charge in [0.15, 0.2) is 0 Å². The van der Waals surface area contributed by atoms with Crippen molar-refractivity contribution >= 4 is 0 Å². The van der Waals surface area contributed by atoms with E-state index in [0.29, 0.717) is 0 Å². The first-order chi connectivity index (χ1) is 8.86. The van der Waals surface area contributed by atoms with Crippen LogP contribution >= 0.6 is 0 Å². The van der Waals surface area contributed by atoms with Crippen molar-refractivity contribution in [2.75, 3.05) is 0 Å². The van der Waals surface area contributed by atoms with Crippen LogP contribution in [0.15, 0.2) is 36.5 Å². The van der Waals surface area contributed by atoms with E-state index in [1.54, 1.807) is 19.2 Å². The molecule has 102 valence electrons. The minimum atomic E-state index is -4.40. The van der Waals surface area contributed by atoms with E-state index in [4.69, 9.17) is 0 Å². The Morgan fingerprint density at radius 2 is 2.05 bits per heavy atom.